The molecule has 1 aromatic carbocycles. The van der Waals surface area contributed by atoms with Gasteiger partial charge < -0.3 is 4.90 Å². The molecule has 1 aliphatic carbocycles. The molecule has 5 nitrogen and oxygen atoms in total. The van der Waals surface area contributed by atoms with Crippen molar-refractivity contribution in [3.05, 3.63) is 47.5 Å². The molecule has 0 saturated heterocycles. The highest BCUT2D eigenvalue weighted by atomic mass is 16.2. The van der Waals surface area contributed by atoms with Gasteiger partial charge in [-0.2, -0.15) is 0 Å². The van der Waals surface area contributed by atoms with E-state index in [2.05, 4.69) is 15.2 Å². The van der Waals surface area contributed by atoms with E-state index in [9.17, 15) is 4.79 Å². The van der Waals surface area contributed by atoms with Crippen LogP contribution in [0.1, 0.15) is 54.6 Å². The highest BCUT2D eigenvalue weighted by molar-refractivity contribution is 5.90. The molecule has 5 heteroatoms. The first-order valence-corrected chi connectivity index (χ1v) is 7.42. The van der Waals surface area contributed by atoms with Gasteiger partial charge in [-0.25, -0.2) is 4.98 Å². The summed E-state index contributed by atoms with van der Waals surface area (Å²) in [6.07, 6.45) is 2.14. The third-order valence-corrected chi connectivity index (χ3v) is 3.69. The largest absolute Gasteiger partial charge is 0.329 e. The smallest absolute Gasteiger partial charge is 0.294 e. The van der Waals surface area contributed by atoms with Crippen LogP contribution < -0.4 is 0 Å². The van der Waals surface area contributed by atoms with Crippen molar-refractivity contribution < 1.29 is 4.79 Å². The van der Waals surface area contributed by atoms with Gasteiger partial charge >= 0.3 is 0 Å². The van der Waals surface area contributed by atoms with Gasteiger partial charge in [-0.3, -0.25) is 9.89 Å². The van der Waals surface area contributed by atoms with Gasteiger partial charge in [0.2, 0.25) is 5.82 Å². The molecule has 1 aromatic heterocycles. The Morgan fingerprint density at radius 3 is 2.62 bits per heavy atom. The first-order valence-electron chi connectivity index (χ1n) is 7.42. The lowest BCUT2D eigenvalue weighted by molar-refractivity contribution is 0.0718. The van der Waals surface area contributed by atoms with Crippen LogP contribution in [0.15, 0.2) is 30.3 Å². The average molecular weight is 284 g/mol. The van der Waals surface area contributed by atoms with E-state index in [1.165, 1.54) is 0 Å². The van der Waals surface area contributed by atoms with E-state index >= 15 is 0 Å². The molecule has 0 unspecified atom stereocenters. The Balaban J connectivity index is 1.78. The van der Waals surface area contributed by atoms with Crippen molar-refractivity contribution in [1.82, 2.24) is 20.1 Å². The molecule has 0 radical (unpaired) electrons. The topological polar surface area (TPSA) is 61.9 Å². The average Bonchev–Trinajstić information content (AvgIpc) is 3.20. The second-order valence-electron chi connectivity index (χ2n) is 5.85. The molecule has 1 aliphatic rings. The van der Waals surface area contributed by atoms with Crippen molar-refractivity contribution in [2.24, 2.45) is 0 Å². The summed E-state index contributed by atoms with van der Waals surface area (Å²) in [6, 6.07) is 10.4. The zero-order valence-corrected chi connectivity index (χ0v) is 12.4. The zero-order chi connectivity index (χ0) is 14.8. The Bertz CT molecular complexity index is 616. The van der Waals surface area contributed by atoms with E-state index in [-0.39, 0.29) is 17.6 Å². The van der Waals surface area contributed by atoms with Crippen LogP contribution in [-0.4, -0.2) is 32.0 Å². The molecule has 2 aromatic rings. The Labute approximate surface area is 124 Å². The van der Waals surface area contributed by atoms with Crippen LogP contribution in [0.4, 0.5) is 0 Å². The summed E-state index contributed by atoms with van der Waals surface area (Å²) >= 11 is 0. The summed E-state index contributed by atoms with van der Waals surface area (Å²) in [5, 5.41) is 6.94. The molecular weight excluding hydrogens is 264 g/mol. The molecule has 1 amide bonds. The maximum absolute atomic E-state index is 12.6. The summed E-state index contributed by atoms with van der Waals surface area (Å²) in [5.41, 5.74) is 1.14. The number of carbonyl (C=O) groups excluding carboxylic acids is 1. The number of amides is 1. The molecule has 1 fully saturated rings. The molecule has 1 N–H and O–H groups in total. The van der Waals surface area contributed by atoms with E-state index < -0.39 is 0 Å². The van der Waals surface area contributed by atoms with Crippen LogP contribution >= 0.6 is 0 Å². The van der Waals surface area contributed by atoms with Crippen molar-refractivity contribution in [1.29, 1.82) is 0 Å². The molecule has 3 rings (SSSR count). The number of rotatable bonds is 5. The van der Waals surface area contributed by atoms with Crippen molar-refractivity contribution in [2.45, 2.75) is 45.2 Å². The SMILES string of the molecule is CC(C)c1nc(C(=O)N(Cc2ccccc2)C2CC2)n[nH]1. The lowest BCUT2D eigenvalue weighted by atomic mass is 10.2. The van der Waals surface area contributed by atoms with E-state index in [0.717, 1.165) is 24.2 Å². The quantitative estimate of drug-likeness (QED) is 0.918. The van der Waals surface area contributed by atoms with Crippen LogP contribution in [0.25, 0.3) is 0 Å². The van der Waals surface area contributed by atoms with Crippen LogP contribution in [0.2, 0.25) is 0 Å². The monoisotopic (exact) mass is 284 g/mol. The molecule has 0 atom stereocenters. The van der Waals surface area contributed by atoms with Gasteiger partial charge in [-0.05, 0) is 18.4 Å². The van der Waals surface area contributed by atoms with Crippen molar-refractivity contribution in [2.75, 3.05) is 0 Å². The third-order valence-electron chi connectivity index (χ3n) is 3.69. The second-order valence-corrected chi connectivity index (χ2v) is 5.85. The second kappa shape index (κ2) is 5.68. The Hall–Kier alpha value is -2.17. The molecule has 0 bridgehead atoms. The van der Waals surface area contributed by atoms with E-state index in [4.69, 9.17) is 0 Å². The Morgan fingerprint density at radius 1 is 1.33 bits per heavy atom. The lowest BCUT2D eigenvalue weighted by Gasteiger charge is -2.21. The third kappa shape index (κ3) is 3.12. The number of H-pyrrole nitrogens is 1. The summed E-state index contributed by atoms with van der Waals surface area (Å²) in [4.78, 5) is 18.9. The standard InChI is InChI=1S/C16H20N4O/c1-11(2)14-17-15(19-18-14)16(21)20(13-8-9-13)10-12-6-4-3-5-7-12/h3-7,11,13H,8-10H2,1-2H3,(H,17,18,19). The minimum atomic E-state index is -0.0792. The minimum Gasteiger partial charge on any atom is -0.329 e. The predicted molar refractivity (Wildman–Crippen MR) is 79.8 cm³/mol. The Morgan fingerprint density at radius 2 is 2.05 bits per heavy atom. The van der Waals surface area contributed by atoms with Crippen LogP contribution in [0, 0.1) is 0 Å². The van der Waals surface area contributed by atoms with E-state index in [1.807, 2.05) is 49.1 Å². The number of nitrogens with one attached hydrogen (secondary N) is 1. The highest BCUT2D eigenvalue weighted by Gasteiger charge is 2.34. The summed E-state index contributed by atoms with van der Waals surface area (Å²) in [6.45, 7) is 4.67. The van der Waals surface area contributed by atoms with Crippen LogP contribution in [0.5, 0.6) is 0 Å². The normalized spacial score (nSPS) is 14.4. The van der Waals surface area contributed by atoms with Crippen LogP contribution in [0.3, 0.4) is 0 Å². The number of hydrogen-bond acceptors (Lipinski definition) is 3. The van der Waals surface area contributed by atoms with Gasteiger partial charge in [0.15, 0.2) is 0 Å². The fourth-order valence-corrected chi connectivity index (χ4v) is 2.29. The fourth-order valence-electron chi connectivity index (χ4n) is 2.29. The molecule has 0 spiro atoms. The zero-order valence-electron chi connectivity index (χ0n) is 12.4. The highest BCUT2D eigenvalue weighted by Crippen LogP contribution is 2.29. The first-order chi connectivity index (χ1) is 10.1. The summed E-state index contributed by atoms with van der Waals surface area (Å²) in [7, 11) is 0. The molecule has 1 heterocycles. The van der Waals surface area contributed by atoms with Gasteiger partial charge in [0.05, 0.1) is 0 Å². The van der Waals surface area contributed by atoms with Gasteiger partial charge in [0.1, 0.15) is 5.82 Å². The molecule has 0 aliphatic heterocycles. The van der Waals surface area contributed by atoms with Gasteiger partial charge in [0.25, 0.3) is 5.91 Å². The van der Waals surface area contributed by atoms with E-state index in [1.54, 1.807) is 0 Å². The first kappa shape index (κ1) is 13.8. The molecule has 1 saturated carbocycles. The summed E-state index contributed by atoms with van der Waals surface area (Å²) < 4.78 is 0. The van der Waals surface area contributed by atoms with E-state index in [0.29, 0.717) is 12.6 Å². The maximum atomic E-state index is 12.6. The molecule has 110 valence electrons. The fraction of sp³-hybridized carbons (Fsp3) is 0.438. The molecule has 21 heavy (non-hydrogen) atoms. The number of benzene rings is 1. The van der Waals surface area contributed by atoms with Crippen molar-refractivity contribution in [3.63, 3.8) is 0 Å². The Kier molecular flexibility index (Phi) is 3.73. The van der Waals surface area contributed by atoms with Crippen molar-refractivity contribution >= 4 is 5.91 Å². The van der Waals surface area contributed by atoms with Gasteiger partial charge in [-0.1, -0.05) is 44.2 Å². The maximum Gasteiger partial charge on any atom is 0.294 e. The van der Waals surface area contributed by atoms with Gasteiger partial charge in [0, 0.05) is 18.5 Å². The minimum absolute atomic E-state index is 0.0792. The van der Waals surface area contributed by atoms with Crippen molar-refractivity contribution in [3.8, 4) is 0 Å². The number of aromatic nitrogens is 3. The van der Waals surface area contributed by atoms with Gasteiger partial charge in [-0.15, -0.1) is 5.10 Å². The summed E-state index contributed by atoms with van der Waals surface area (Å²) in [5.74, 6) is 1.20. The number of nitrogens with zero attached hydrogens (tertiary/aromatic N) is 3. The number of hydrogen-bond donors (Lipinski definition) is 1. The molecular formula is C16H20N4O. The predicted octanol–water partition coefficient (Wildman–Crippen LogP) is 2.73. The lowest BCUT2D eigenvalue weighted by Crippen LogP contribution is -2.33. The van der Waals surface area contributed by atoms with Crippen LogP contribution in [-0.2, 0) is 6.54 Å². The number of aromatic amines is 1. The number of carbonyl (C=O) groups is 1.